The minimum Gasteiger partial charge on any atom is -0.481 e. The first-order chi connectivity index (χ1) is 12.3. The van der Waals surface area contributed by atoms with Crippen LogP contribution < -0.4 is 10.5 Å². The first-order valence-corrected chi connectivity index (χ1v) is 8.70. The molecule has 0 radical (unpaired) electrons. The molecule has 0 aliphatic heterocycles. The number of hydrogen-bond acceptors (Lipinski definition) is 4. The number of ether oxygens (including phenoxy) is 1. The maximum Gasteiger partial charge on any atom is 0.212 e. The molecule has 3 aromatic rings. The largest absolute Gasteiger partial charge is 0.481 e. The summed E-state index contributed by atoms with van der Waals surface area (Å²) < 4.78 is 5.13. The van der Waals surface area contributed by atoms with Crippen LogP contribution in [0.3, 0.4) is 0 Å². The van der Waals surface area contributed by atoms with Crippen LogP contribution in [-0.4, -0.2) is 28.9 Å². The summed E-state index contributed by atoms with van der Waals surface area (Å²) in [6.45, 7) is 5.71. The zero-order valence-electron chi connectivity index (χ0n) is 15.7. The first-order valence-electron chi connectivity index (χ1n) is 8.70. The van der Waals surface area contributed by atoms with Gasteiger partial charge in [0.25, 0.3) is 0 Å². The number of nitrogens with one attached hydrogen (secondary N) is 1. The smallest absolute Gasteiger partial charge is 0.212 e. The van der Waals surface area contributed by atoms with Crippen molar-refractivity contribution in [2.75, 3.05) is 7.11 Å². The molecule has 2 aromatic heterocycles. The number of pyridine rings is 1. The molecule has 5 heteroatoms. The Morgan fingerprint density at radius 2 is 2.04 bits per heavy atom. The molecule has 0 bridgehead atoms. The number of para-hydroxylation sites is 1. The second-order valence-electron chi connectivity index (χ2n) is 7.56. The van der Waals surface area contributed by atoms with Crippen LogP contribution in [0.5, 0.6) is 5.88 Å². The summed E-state index contributed by atoms with van der Waals surface area (Å²) in [5, 5.41) is 1.08. The molecule has 0 spiro atoms. The molecule has 136 valence electrons. The number of aromatic nitrogens is 2. The van der Waals surface area contributed by atoms with Crippen molar-refractivity contribution < 1.29 is 9.53 Å². The van der Waals surface area contributed by atoms with Crippen LogP contribution in [0.4, 0.5) is 0 Å². The van der Waals surface area contributed by atoms with Crippen molar-refractivity contribution in [1.29, 1.82) is 0 Å². The number of Topliss-reactive ketones (excluding diaryl/α,β-unsaturated/α-hetero) is 1. The predicted octanol–water partition coefficient (Wildman–Crippen LogP) is 3.72. The Morgan fingerprint density at radius 3 is 2.65 bits per heavy atom. The summed E-state index contributed by atoms with van der Waals surface area (Å²) in [7, 11) is 1.60. The number of carbonyl (C=O) groups excluding carboxylic acids is 1. The summed E-state index contributed by atoms with van der Waals surface area (Å²) in [5.74, 6) is 0.655. The van der Waals surface area contributed by atoms with E-state index >= 15 is 0 Å². The van der Waals surface area contributed by atoms with E-state index in [1.54, 1.807) is 13.3 Å². The van der Waals surface area contributed by atoms with E-state index in [4.69, 9.17) is 10.5 Å². The van der Waals surface area contributed by atoms with E-state index in [1.165, 1.54) is 0 Å². The minimum absolute atomic E-state index is 0.0716. The van der Waals surface area contributed by atoms with Crippen molar-refractivity contribution in [2.24, 2.45) is 11.1 Å². The number of hydrogen-bond donors (Lipinski definition) is 2. The molecule has 0 aliphatic rings. The van der Waals surface area contributed by atoms with E-state index < -0.39 is 11.5 Å². The topological polar surface area (TPSA) is 81.0 Å². The van der Waals surface area contributed by atoms with Gasteiger partial charge in [0.15, 0.2) is 5.78 Å². The number of ketones is 1. The summed E-state index contributed by atoms with van der Waals surface area (Å²) in [4.78, 5) is 20.0. The number of aromatic amines is 1. The van der Waals surface area contributed by atoms with Crippen molar-refractivity contribution in [2.45, 2.75) is 33.2 Å². The normalized spacial score (nSPS) is 13.0. The van der Waals surface area contributed by atoms with E-state index in [-0.39, 0.29) is 5.78 Å². The summed E-state index contributed by atoms with van der Waals surface area (Å²) >= 11 is 0. The second kappa shape index (κ2) is 6.92. The van der Waals surface area contributed by atoms with Crippen molar-refractivity contribution in [3.63, 3.8) is 0 Å². The van der Waals surface area contributed by atoms with Crippen molar-refractivity contribution >= 4 is 16.7 Å². The fraction of sp³-hybridized carbons (Fsp3) is 0.333. The van der Waals surface area contributed by atoms with Crippen molar-refractivity contribution in [1.82, 2.24) is 9.97 Å². The third-order valence-corrected chi connectivity index (χ3v) is 4.57. The molecule has 0 aliphatic carbocycles. The predicted molar refractivity (Wildman–Crippen MR) is 104 cm³/mol. The van der Waals surface area contributed by atoms with Gasteiger partial charge in [0, 0.05) is 40.4 Å². The number of H-pyrrole nitrogens is 1. The first kappa shape index (κ1) is 18.1. The van der Waals surface area contributed by atoms with E-state index in [0.29, 0.717) is 12.3 Å². The maximum absolute atomic E-state index is 12.4. The Morgan fingerprint density at radius 1 is 1.27 bits per heavy atom. The van der Waals surface area contributed by atoms with Crippen LogP contribution in [0, 0.1) is 5.41 Å². The van der Waals surface area contributed by atoms with Crippen LogP contribution in [0.25, 0.3) is 22.0 Å². The number of carbonyl (C=O) groups is 1. The quantitative estimate of drug-likeness (QED) is 0.734. The monoisotopic (exact) mass is 351 g/mol. The van der Waals surface area contributed by atoms with Gasteiger partial charge in [-0.2, -0.15) is 0 Å². The van der Waals surface area contributed by atoms with Crippen molar-refractivity contribution in [3.05, 3.63) is 48.3 Å². The zero-order valence-corrected chi connectivity index (χ0v) is 15.7. The van der Waals surface area contributed by atoms with Crippen LogP contribution in [0.2, 0.25) is 0 Å². The maximum atomic E-state index is 12.4. The van der Waals surface area contributed by atoms with Gasteiger partial charge in [0.1, 0.15) is 0 Å². The van der Waals surface area contributed by atoms with Gasteiger partial charge >= 0.3 is 0 Å². The average Bonchev–Trinajstić information content (AvgIpc) is 3.03. The van der Waals surface area contributed by atoms with Crippen molar-refractivity contribution in [3.8, 4) is 17.0 Å². The van der Waals surface area contributed by atoms with Gasteiger partial charge < -0.3 is 15.5 Å². The van der Waals surface area contributed by atoms with Gasteiger partial charge in [-0.15, -0.1) is 0 Å². The highest BCUT2D eigenvalue weighted by Gasteiger charge is 2.27. The lowest BCUT2D eigenvalue weighted by atomic mass is 9.84. The van der Waals surface area contributed by atoms with E-state index in [0.717, 1.165) is 27.6 Å². The van der Waals surface area contributed by atoms with E-state index in [9.17, 15) is 4.79 Å². The van der Waals surface area contributed by atoms with Crippen LogP contribution >= 0.6 is 0 Å². The van der Waals surface area contributed by atoms with Crippen LogP contribution in [0.1, 0.15) is 26.3 Å². The number of methoxy groups -OCH3 is 1. The Balaban J connectivity index is 1.94. The Hall–Kier alpha value is -2.66. The van der Waals surface area contributed by atoms with Gasteiger partial charge in [0.05, 0.1) is 18.7 Å². The second-order valence-corrected chi connectivity index (χ2v) is 7.56. The molecule has 1 atom stereocenters. The standard InChI is InChI=1S/C21H25N3O2/c1-21(2,3)20(25)17(22)10-14-12-24-19-15(6-5-7-16(14)19)13-8-9-18(26-4)23-11-13/h5-9,11-12,17,24H,10,22H2,1-4H3. The van der Waals surface area contributed by atoms with Gasteiger partial charge in [-0.05, 0) is 18.1 Å². The fourth-order valence-electron chi connectivity index (χ4n) is 3.17. The van der Waals surface area contributed by atoms with Gasteiger partial charge in [-0.3, -0.25) is 4.79 Å². The molecule has 5 nitrogen and oxygen atoms in total. The summed E-state index contributed by atoms with van der Waals surface area (Å²) in [6.07, 6.45) is 4.25. The summed E-state index contributed by atoms with van der Waals surface area (Å²) in [6, 6.07) is 9.42. The highest BCUT2D eigenvalue weighted by molar-refractivity contribution is 5.96. The van der Waals surface area contributed by atoms with Crippen LogP contribution in [-0.2, 0) is 11.2 Å². The highest BCUT2D eigenvalue weighted by atomic mass is 16.5. The number of nitrogens with two attached hydrogens (primary N) is 1. The van der Waals surface area contributed by atoms with Gasteiger partial charge in [0.2, 0.25) is 5.88 Å². The third-order valence-electron chi connectivity index (χ3n) is 4.57. The molecule has 0 saturated heterocycles. The number of nitrogens with zero attached hydrogens (tertiary/aromatic N) is 1. The Bertz CT molecular complexity index is 921. The minimum atomic E-state index is -0.514. The Kier molecular flexibility index (Phi) is 4.83. The van der Waals surface area contributed by atoms with Gasteiger partial charge in [-0.25, -0.2) is 4.98 Å². The molecule has 1 aromatic carbocycles. The lowest BCUT2D eigenvalue weighted by molar-refractivity contribution is -0.127. The number of rotatable bonds is 5. The average molecular weight is 351 g/mol. The van der Waals surface area contributed by atoms with E-state index in [2.05, 4.69) is 16.0 Å². The molecular formula is C21H25N3O2. The number of benzene rings is 1. The highest BCUT2D eigenvalue weighted by Crippen LogP contribution is 2.31. The van der Waals surface area contributed by atoms with E-state index in [1.807, 2.05) is 51.2 Å². The SMILES string of the molecule is COc1ccc(-c2cccc3c(CC(N)C(=O)C(C)(C)C)c[nH]c23)cn1. The molecule has 1 unspecified atom stereocenters. The fourth-order valence-corrected chi connectivity index (χ4v) is 3.17. The summed E-state index contributed by atoms with van der Waals surface area (Å²) in [5.41, 5.74) is 9.86. The number of fused-ring (bicyclic) bond motifs is 1. The van der Waals surface area contributed by atoms with Gasteiger partial charge in [-0.1, -0.05) is 39.0 Å². The molecule has 26 heavy (non-hydrogen) atoms. The molecule has 2 heterocycles. The zero-order chi connectivity index (χ0) is 18.9. The molecule has 3 N–H and O–H groups in total. The lowest BCUT2D eigenvalue weighted by Crippen LogP contribution is -2.40. The molecule has 3 rings (SSSR count). The molecule has 0 amide bonds. The van der Waals surface area contributed by atoms with Crippen LogP contribution in [0.15, 0.2) is 42.7 Å². The lowest BCUT2D eigenvalue weighted by Gasteiger charge is -2.21. The third kappa shape index (κ3) is 3.48. The molecule has 0 fully saturated rings. The molecular weight excluding hydrogens is 326 g/mol. The Labute approximate surface area is 153 Å². The molecule has 0 saturated carbocycles.